The molecule has 0 aromatic heterocycles. The van der Waals surface area contributed by atoms with Crippen LogP contribution >= 0.6 is 11.8 Å². The number of amides is 1. The van der Waals surface area contributed by atoms with E-state index >= 15 is 0 Å². The van der Waals surface area contributed by atoms with Crippen molar-refractivity contribution in [3.8, 4) is 11.1 Å². The van der Waals surface area contributed by atoms with Crippen LogP contribution < -0.4 is 8.13 Å². The van der Waals surface area contributed by atoms with E-state index in [9.17, 15) is 13.6 Å². The summed E-state index contributed by atoms with van der Waals surface area (Å²) in [6.45, 7) is 1.08. The van der Waals surface area contributed by atoms with Crippen molar-refractivity contribution in [2.45, 2.75) is 6.92 Å². The number of nitrogens with one attached hydrogen (secondary N) is 1. The fraction of sp³-hybridized carbons (Fsp3) is 0.0417. The summed E-state index contributed by atoms with van der Waals surface area (Å²) in [6, 6.07) is 18.6. The van der Waals surface area contributed by atoms with Gasteiger partial charge in [-0.3, -0.25) is 4.79 Å². The van der Waals surface area contributed by atoms with Crippen molar-refractivity contribution < 1.29 is 23.5 Å². The Hall–Kier alpha value is -2.78. The first-order chi connectivity index (χ1) is 15.7. The molecule has 2 N–H and O–H groups in total. The first kappa shape index (κ1) is 24.9. The van der Waals surface area contributed by atoms with E-state index in [1.165, 1.54) is 26.7 Å². The number of nitrogens with zero attached hydrogens (tertiary/aromatic N) is 1. The first-order valence-corrected chi connectivity index (χ1v) is 11.6. The molecular weight excluding hydrogens is 457 g/mol. The Morgan fingerprint density at radius 1 is 1.06 bits per heavy atom. The van der Waals surface area contributed by atoms with Gasteiger partial charge in [-0.25, -0.2) is 8.78 Å². The van der Waals surface area contributed by atoms with Gasteiger partial charge in [-0.1, -0.05) is 0 Å². The molecule has 5 nitrogen and oxygen atoms in total. The molecule has 162 valence electrons. The minimum atomic E-state index is -0.833. The Morgan fingerprint density at radius 3 is 2.30 bits per heavy atom. The Bertz CT molecular complexity index is 1240. The molecule has 0 aliphatic carbocycles. The summed E-state index contributed by atoms with van der Waals surface area (Å²) in [4.78, 5) is 25.8. The van der Waals surface area contributed by atoms with E-state index in [1.54, 1.807) is 30.3 Å². The van der Waals surface area contributed by atoms with Crippen LogP contribution in [-0.4, -0.2) is 50.1 Å². The number of aliphatic imine (C=N–C) groups is 1. The standard InChI is InChI=1S/C22H13F2N2OS.C2H4O2.Na/c23-16-10-11-18(19(24)13-16)15-8-6-14(7-9-15)12-20-21(27)26-22(28-20)25-17-4-2-1-3-5-17;1-2(3)4;/h2-13H,(H,25,26,27);1H3,(H,3,4);. The van der Waals surface area contributed by atoms with Gasteiger partial charge >= 0.3 is 139 Å². The molecule has 3 aromatic carbocycles. The van der Waals surface area contributed by atoms with Crippen LogP contribution in [0.15, 0.2) is 76.6 Å². The topological polar surface area (TPSA) is 78.8 Å². The molecular formula is C24H17F2N2NaO3S. The van der Waals surface area contributed by atoms with Crippen molar-refractivity contribution in [1.29, 1.82) is 0 Å². The molecule has 1 aliphatic heterocycles. The fourth-order valence-electron chi connectivity index (χ4n) is 2.86. The van der Waals surface area contributed by atoms with Gasteiger partial charge in [-0.15, -0.1) is 0 Å². The molecule has 4 rings (SSSR count). The van der Waals surface area contributed by atoms with Crippen LogP contribution in [-0.2, 0) is 9.59 Å². The summed E-state index contributed by atoms with van der Waals surface area (Å²) < 4.78 is 28.3. The molecule has 0 fully saturated rings. The molecule has 1 aliphatic rings. The third-order valence-electron chi connectivity index (χ3n) is 4.37. The number of carbonyl (C=O) groups excluding carboxylic acids is 1. The molecule has 33 heavy (non-hydrogen) atoms. The molecule has 0 bridgehead atoms. The van der Waals surface area contributed by atoms with E-state index in [4.69, 9.17) is 9.90 Å². The molecule has 0 atom stereocenters. The van der Waals surface area contributed by atoms with Crippen molar-refractivity contribution in [2.75, 3.05) is 5.32 Å². The predicted octanol–water partition coefficient (Wildman–Crippen LogP) is 4.60. The molecule has 0 unspecified atom stereocenters. The van der Waals surface area contributed by atoms with E-state index in [1.807, 2.05) is 24.3 Å². The Morgan fingerprint density at radius 2 is 1.70 bits per heavy atom. The number of thioether (sulfide) groups is 1. The number of hydrogen-bond acceptors (Lipinski definition) is 4. The molecule has 0 saturated carbocycles. The Labute approximate surface area is 211 Å². The maximum absolute atomic E-state index is 13.9. The van der Waals surface area contributed by atoms with Crippen molar-refractivity contribution in [2.24, 2.45) is 4.99 Å². The number of amidine groups is 1. The monoisotopic (exact) mass is 474 g/mol. The number of carbonyl (C=O) groups is 2. The van der Waals surface area contributed by atoms with Gasteiger partial charge in [0.05, 0.1) is 0 Å². The van der Waals surface area contributed by atoms with Crippen molar-refractivity contribution in [3.63, 3.8) is 0 Å². The second-order valence-electron chi connectivity index (χ2n) is 7.09. The first-order valence-electron chi connectivity index (χ1n) is 9.82. The van der Waals surface area contributed by atoms with Gasteiger partial charge in [0.15, 0.2) is 0 Å². The zero-order valence-electron chi connectivity index (χ0n) is 17.8. The second kappa shape index (κ2) is 11.4. The number of anilines is 1. The van der Waals surface area contributed by atoms with E-state index < -0.39 is 17.6 Å². The Balaban J connectivity index is 0.000000709. The van der Waals surface area contributed by atoms with Gasteiger partial charge in [-0.05, 0) is 17.7 Å². The van der Waals surface area contributed by atoms with Crippen LogP contribution in [0.2, 0.25) is 0 Å². The summed E-state index contributed by atoms with van der Waals surface area (Å²) in [7, 11) is 0. The summed E-state index contributed by atoms with van der Waals surface area (Å²) in [5.74, 6) is -2.35. The second-order valence-corrected chi connectivity index (χ2v) is 9.27. The zero-order chi connectivity index (χ0) is 24.0. The normalized spacial score (nSPS) is 13.9. The van der Waals surface area contributed by atoms with Gasteiger partial charge in [0.2, 0.25) is 0 Å². The van der Waals surface area contributed by atoms with Gasteiger partial charge in [0, 0.05) is 18.6 Å². The minimum absolute atomic E-state index is 0.300. The molecule has 1 heterocycles. The number of hydrogen-bond donors (Lipinski definition) is 2. The van der Waals surface area contributed by atoms with Crippen LogP contribution in [0.3, 0.4) is 0 Å². The molecule has 0 saturated heterocycles. The van der Waals surface area contributed by atoms with Crippen molar-refractivity contribution >= 4 is 71.3 Å². The van der Waals surface area contributed by atoms with Crippen LogP contribution in [0.25, 0.3) is 17.2 Å². The van der Waals surface area contributed by atoms with E-state index in [2.05, 4.69) is 10.3 Å². The average Bonchev–Trinajstić information content (AvgIpc) is 3.09. The summed E-state index contributed by atoms with van der Waals surface area (Å²) >= 11 is 2.26. The van der Waals surface area contributed by atoms with E-state index in [0.717, 1.165) is 52.2 Å². The average molecular weight is 474 g/mol. The number of carboxylic acid groups (broad SMARTS) is 1. The van der Waals surface area contributed by atoms with Gasteiger partial charge in [-0.2, -0.15) is 0 Å². The SMILES string of the molecule is CC(=O)O.O=C1N=C(Nc2cc[c]([Na])cc2)SC1=Cc1ccc(-c2ccc(F)cc2F)cc1. The van der Waals surface area contributed by atoms with Crippen molar-refractivity contribution in [3.05, 3.63) is 88.8 Å². The summed E-state index contributed by atoms with van der Waals surface area (Å²) in [5, 5.41) is 11.1. The summed E-state index contributed by atoms with van der Waals surface area (Å²) in [6.07, 6.45) is 1.75. The van der Waals surface area contributed by atoms with Gasteiger partial charge in [0.1, 0.15) is 11.6 Å². The predicted molar refractivity (Wildman–Crippen MR) is 129 cm³/mol. The molecule has 3 aromatic rings. The molecule has 0 radical (unpaired) electrons. The number of rotatable bonds is 3. The van der Waals surface area contributed by atoms with Crippen molar-refractivity contribution in [1.82, 2.24) is 0 Å². The van der Waals surface area contributed by atoms with Gasteiger partial charge in [0.25, 0.3) is 5.97 Å². The molecule has 0 spiro atoms. The number of halogens is 2. The zero-order valence-corrected chi connectivity index (χ0v) is 20.6. The number of aliphatic carboxylic acids is 1. The third-order valence-corrected chi connectivity index (χ3v) is 5.94. The fourth-order valence-corrected chi connectivity index (χ4v) is 4.02. The van der Waals surface area contributed by atoms with Crippen LogP contribution in [0.1, 0.15) is 12.5 Å². The number of benzene rings is 3. The van der Waals surface area contributed by atoms with Crippen LogP contribution in [0.4, 0.5) is 14.5 Å². The summed E-state index contributed by atoms with van der Waals surface area (Å²) in [5.41, 5.74) is 2.64. The maximum atomic E-state index is 13.9. The van der Waals surface area contributed by atoms with E-state index in [-0.39, 0.29) is 5.91 Å². The van der Waals surface area contributed by atoms with Crippen LogP contribution in [0.5, 0.6) is 0 Å². The Kier molecular flexibility index (Phi) is 8.57. The van der Waals surface area contributed by atoms with E-state index in [0.29, 0.717) is 21.2 Å². The third kappa shape index (κ3) is 7.36. The molecule has 1 amide bonds. The van der Waals surface area contributed by atoms with Crippen LogP contribution in [0, 0.1) is 11.6 Å². The number of carboxylic acids is 1. The quantitative estimate of drug-likeness (QED) is 0.429. The molecule has 9 heteroatoms. The van der Waals surface area contributed by atoms with Gasteiger partial charge < -0.3 is 5.11 Å².